The van der Waals surface area contributed by atoms with E-state index >= 15 is 0 Å². The highest BCUT2D eigenvalue weighted by Gasteiger charge is 2.21. The van der Waals surface area contributed by atoms with E-state index in [0.29, 0.717) is 18.1 Å². The minimum atomic E-state index is 0.379. The van der Waals surface area contributed by atoms with Crippen molar-refractivity contribution >= 4 is 0 Å². The molecule has 2 nitrogen and oxygen atoms in total. The summed E-state index contributed by atoms with van der Waals surface area (Å²) in [7, 11) is 0. The van der Waals surface area contributed by atoms with Crippen LogP contribution in [0.5, 0.6) is 0 Å². The Hall–Kier alpha value is -0.860. The van der Waals surface area contributed by atoms with E-state index in [0.717, 1.165) is 13.1 Å². The van der Waals surface area contributed by atoms with Crippen LogP contribution < -0.4 is 0 Å². The number of benzene rings is 1. The second-order valence-corrected chi connectivity index (χ2v) is 6.52. The molecule has 1 saturated heterocycles. The van der Waals surface area contributed by atoms with Crippen molar-refractivity contribution in [2.24, 2.45) is 0 Å². The SMILES string of the molecule is CC1CN(CCCc2ccc(C(C)C)cc2)CC(C)O1. The molecule has 0 aromatic heterocycles. The fourth-order valence-electron chi connectivity index (χ4n) is 3.04. The van der Waals surface area contributed by atoms with Gasteiger partial charge in [0, 0.05) is 13.1 Å². The van der Waals surface area contributed by atoms with Gasteiger partial charge in [-0.3, -0.25) is 4.90 Å². The van der Waals surface area contributed by atoms with Crippen LogP contribution in [0.2, 0.25) is 0 Å². The van der Waals surface area contributed by atoms with Crippen LogP contribution in [0.1, 0.15) is 51.2 Å². The third-order valence-electron chi connectivity index (χ3n) is 4.08. The Balaban J connectivity index is 1.75. The lowest BCUT2D eigenvalue weighted by atomic mass is 10.0. The molecule has 2 atom stereocenters. The largest absolute Gasteiger partial charge is 0.373 e. The second-order valence-electron chi connectivity index (χ2n) is 6.52. The van der Waals surface area contributed by atoms with Crippen molar-refractivity contribution in [1.82, 2.24) is 4.90 Å². The van der Waals surface area contributed by atoms with Gasteiger partial charge in [-0.2, -0.15) is 0 Å². The molecular formula is C18H29NO. The van der Waals surface area contributed by atoms with Gasteiger partial charge in [-0.1, -0.05) is 38.1 Å². The second kappa shape index (κ2) is 7.24. The zero-order valence-electron chi connectivity index (χ0n) is 13.4. The first kappa shape index (κ1) is 15.5. The fourth-order valence-corrected chi connectivity index (χ4v) is 3.04. The van der Waals surface area contributed by atoms with Crippen LogP contribution in [0.3, 0.4) is 0 Å². The Kier molecular flexibility index (Phi) is 5.62. The van der Waals surface area contributed by atoms with Gasteiger partial charge in [-0.05, 0) is 50.3 Å². The zero-order valence-corrected chi connectivity index (χ0v) is 13.4. The molecule has 1 fully saturated rings. The molecule has 2 rings (SSSR count). The van der Waals surface area contributed by atoms with Crippen molar-refractivity contribution in [1.29, 1.82) is 0 Å². The molecule has 0 radical (unpaired) electrons. The zero-order chi connectivity index (χ0) is 14.5. The summed E-state index contributed by atoms with van der Waals surface area (Å²) >= 11 is 0. The van der Waals surface area contributed by atoms with Crippen molar-refractivity contribution in [2.75, 3.05) is 19.6 Å². The number of rotatable bonds is 5. The van der Waals surface area contributed by atoms with Crippen molar-refractivity contribution in [3.05, 3.63) is 35.4 Å². The molecule has 112 valence electrons. The quantitative estimate of drug-likeness (QED) is 0.809. The summed E-state index contributed by atoms with van der Waals surface area (Å²) in [5, 5.41) is 0. The molecule has 1 aliphatic rings. The summed E-state index contributed by atoms with van der Waals surface area (Å²) < 4.78 is 5.77. The molecule has 0 amide bonds. The number of hydrogen-bond donors (Lipinski definition) is 0. The van der Waals surface area contributed by atoms with Gasteiger partial charge < -0.3 is 4.74 Å². The predicted octanol–water partition coefficient (Wildman–Crippen LogP) is 3.85. The van der Waals surface area contributed by atoms with Crippen molar-refractivity contribution in [2.45, 2.75) is 58.7 Å². The number of aryl methyl sites for hydroxylation is 1. The number of nitrogens with zero attached hydrogens (tertiary/aromatic N) is 1. The van der Waals surface area contributed by atoms with E-state index in [1.807, 2.05) is 0 Å². The Morgan fingerprint density at radius 3 is 2.25 bits per heavy atom. The first-order valence-electron chi connectivity index (χ1n) is 8.01. The smallest absolute Gasteiger partial charge is 0.0678 e. The van der Waals surface area contributed by atoms with E-state index in [-0.39, 0.29) is 0 Å². The first-order valence-corrected chi connectivity index (χ1v) is 8.01. The van der Waals surface area contributed by atoms with Crippen LogP contribution in [0.25, 0.3) is 0 Å². The van der Waals surface area contributed by atoms with Gasteiger partial charge in [0.25, 0.3) is 0 Å². The van der Waals surface area contributed by atoms with Crippen LogP contribution in [0.15, 0.2) is 24.3 Å². The first-order chi connectivity index (χ1) is 9.54. The predicted molar refractivity (Wildman–Crippen MR) is 85.3 cm³/mol. The lowest BCUT2D eigenvalue weighted by Gasteiger charge is -2.35. The molecular weight excluding hydrogens is 246 g/mol. The maximum absolute atomic E-state index is 5.77. The molecule has 20 heavy (non-hydrogen) atoms. The topological polar surface area (TPSA) is 12.5 Å². The molecule has 0 saturated carbocycles. The third kappa shape index (κ3) is 4.60. The molecule has 0 N–H and O–H groups in total. The Labute approximate surface area is 124 Å². The Morgan fingerprint density at radius 1 is 1.10 bits per heavy atom. The average molecular weight is 275 g/mol. The minimum Gasteiger partial charge on any atom is -0.373 e. The molecule has 1 aromatic carbocycles. The molecule has 1 heterocycles. The lowest BCUT2D eigenvalue weighted by Crippen LogP contribution is -2.45. The van der Waals surface area contributed by atoms with E-state index < -0.39 is 0 Å². The minimum absolute atomic E-state index is 0.379. The van der Waals surface area contributed by atoms with E-state index in [1.165, 1.54) is 30.5 Å². The summed E-state index contributed by atoms with van der Waals surface area (Å²) in [5.74, 6) is 0.625. The Bertz CT molecular complexity index is 388. The van der Waals surface area contributed by atoms with E-state index in [1.54, 1.807) is 0 Å². The molecule has 0 aliphatic carbocycles. The highest BCUT2D eigenvalue weighted by Crippen LogP contribution is 2.16. The van der Waals surface area contributed by atoms with E-state index in [2.05, 4.69) is 56.9 Å². The number of hydrogen-bond acceptors (Lipinski definition) is 2. The highest BCUT2D eigenvalue weighted by atomic mass is 16.5. The number of ether oxygens (including phenoxy) is 1. The van der Waals surface area contributed by atoms with Gasteiger partial charge in [0.1, 0.15) is 0 Å². The third-order valence-corrected chi connectivity index (χ3v) is 4.08. The van der Waals surface area contributed by atoms with Gasteiger partial charge in [0.05, 0.1) is 12.2 Å². The highest BCUT2D eigenvalue weighted by molar-refractivity contribution is 5.24. The van der Waals surface area contributed by atoms with Crippen LogP contribution in [0, 0.1) is 0 Å². The van der Waals surface area contributed by atoms with Gasteiger partial charge >= 0.3 is 0 Å². The molecule has 0 bridgehead atoms. The van der Waals surface area contributed by atoms with E-state index in [4.69, 9.17) is 4.74 Å². The molecule has 0 spiro atoms. The summed E-state index contributed by atoms with van der Waals surface area (Å²) in [4.78, 5) is 2.54. The van der Waals surface area contributed by atoms with Crippen LogP contribution in [0.4, 0.5) is 0 Å². The van der Waals surface area contributed by atoms with Crippen molar-refractivity contribution < 1.29 is 4.74 Å². The van der Waals surface area contributed by atoms with Gasteiger partial charge in [0.2, 0.25) is 0 Å². The van der Waals surface area contributed by atoms with Crippen LogP contribution in [-0.4, -0.2) is 36.7 Å². The van der Waals surface area contributed by atoms with Gasteiger partial charge in [-0.25, -0.2) is 0 Å². The molecule has 1 aliphatic heterocycles. The normalized spacial score (nSPS) is 24.2. The monoisotopic (exact) mass is 275 g/mol. The molecule has 1 aromatic rings. The van der Waals surface area contributed by atoms with Gasteiger partial charge in [0.15, 0.2) is 0 Å². The number of morpholine rings is 1. The average Bonchev–Trinajstić information content (AvgIpc) is 2.38. The summed E-state index contributed by atoms with van der Waals surface area (Å²) in [6.45, 7) is 12.2. The summed E-state index contributed by atoms with van der Waals surface area (Å²) in [6.07, 6.45) is 3.17. The fraction of sp³-hybridized carbons (Fsp3) is 0.667. The van der Waals surface area contributed by atoms with Crippen LogP contribution >= 0.6 is 0 Å². The lowest BCUT2D eigenvalue weighted by molar-refractivity contribution is -0.0680. The maximum atomic E-state index is 5.77. The molecule has 2 heteroatoms. The summed E-state index contributed by atoms with van der Waals surface area (Å²) in [5.41, 5.74) is 2.90. The van der Waals surface area contributed by atoms with Crippen molar-refractivity contribution in [3.8, 4) is 0 Å². The van der Waals surface area contributed by atoms with E-state index in [9.17, 15) is 0 Å². The Morgan fingerprint density at radius 2 is 1.70 bits per heavy atom. The molecule has 2 unspecified atom stereocenters. The van der Waals surface area contributed by atoms with Crippen molar-refractivity contribution in [3.63, 3.8) is 0 Å². The standard InChI is InChI=1S/C18H29NO/c1-14(2)18-9-7-17(8-10-18)6-5-11-19-12-15(3)20-16(4)13-19/h7-10,14-16H,5-6,11-13H2,1-4H3. The maximum Gasteiger partial charge on any atom is 0.0678 e. The summed E-state index contributed by atoms with van der Waals surface area (Å²) in [6, 6.07) is 9.14. The van der Waals surface area contributed by atoms with Crippen LogP contribution in [-0.2, 0) is 11.2 Å². The van der Waals surface area contributed by atoms with Gasteiger partial charge in [-0.15, -0.1) is 0 Å².